The van der Waals surface area contributed by atoms with E-state index in [0.29, 0.717) is 11.5 Å². The molecular formula is C21H22N4O. The lowest BCUT2D eigenvalue weighted by atomic mass is 10.1. The van der Waals surface area contributed by atoms with Crippen LogP contribution in [-0.2, 0) is 6.42 Å². The van der Waals surface area contributed by atoms with Crippen molar-refractivity contribution in [3.8, 4) is 0 Å². The molecule has 0 aliphatic rings. The van der Waals surface area contributed by atoms with Gasteiger partial charge in [-0.05, 0) is 36.6 Å². The molecule has 1 heterocycles. The Morgan fingerprint density at radius 1 is 1.00 bits per heavy atom. The van der Waals surface area contributed by atoms with Gasteiger partial charge in [-0.25, -0.2) is 9.97 Å². The highest BCUT2D eigenvalue weighted by molar-refractivity contribution is 5.92. The van der Waals surface area contributed by atoms with Gasteiger partial charge in [-0.15, -0.1) is 0 Å². The van der Waals surface area contributed by atoms with Gasteiger partial charge in [-0.2, -0.15) is 0 Å². The maximum Gasteiger partial charge on any atom is 0.271 e. The van der Waals surface area contributed by atoms with Gasteiger partial charge in [0.1, 0.15) is 11.5 Å². The van der Waals surface area contributed by atoms with Crippen LogP contribution >= 0.6 is 0 Å². The van der Waals surface area contributed by atoms with Crippen molar-refractivity contribution in [3.05, 3.63) is 83.8 Å². The summed E-state index contributed by atoms with van der Waals surface area (Å²) in [7, 11) is 0. The molecule has 2 N–H and O–H groups in total. The van der Waals surface area contributed by atoms with Gasteiger partial charge in [-0.1, -0.05) is 49.4 Å². The third-order valence-corrected chi connectivity index (χ3v) is 4.17. The Hall–Kier alpha value is -3.21. The molecule has 2 aromatic carbocycles. The van der Waals surface area contributed by atoms with Crippen LogP contribution in [0.1, 0.15) is 41.5 Å². The largest absolute Gasteiger partial charge is 0.344 e. The van der Waals surface area contributed by atoms with E-state index >= 15 is 0 Å². The summed E-state index contributed by atoms with van der Waals surface area (Å²) in [4.78, 5) is 20.8. The minimum Gasteiger partial charge on any atom is -0.344 e. The lowest BCUT2D eigenvalue weighted by molar-refractivity contribution is 0.0934. The number of nitrogens with one attached hydrogen (secondary N) is 2. The van der Waals surface area contributed by atoms with E-state index in [9.17, 15) is 4.79 Å². The predicted octanol–water partition coefficient (Wildman–Crippen LogP) is 4.27. The maximum atomic E-state index is 12.3. The van der Waals surface area contributed by atoms with Crippen LogP contribution in [-0.4, -0.2) is 15.9 Å². The molecule has 1 aromatic heterocycles. The SMILES string of the molecule is CCc1ccc(Nc2cnc(C(=O)NC(C)c3ccccc3)cn2)cc1. The van der Waals surface area contributed by atoms with Crippen LogP contribution in [0.15, 0.2) is 67.0 Å². The molecule has 0 spiro atoms. The number of hydrogen-bond acceptors (Lipinski definition) is 4. The van der Waals surface area contributed by atoms with Crippen molar-refractivity contribution in [1.82, 2.24) is 15.3 Å². The molecule has 132 valence electrons. The Balaban J connectivity index is 1.62. The average molecular weight is 346 g/mol. The first-order chi connectivity index (χ1) is 12.7. The number of rotatable bonds is 6. The summed E-state index contributed by atoms with van der Waals surface area (Å²) in [5.41, 5.74) is 3.55. The molecule has 0 radical (unpaired) electrons. The highest BCUT2D eigenvalue weighted by atomic mass is 16.1. The first kappa shape index (κ1) is 17.6. The van der Waals surface area contributed by atoms with Gasteiger partial charge < -0.3 is 10.6 Å². The Kier molecular flexibility index (Phi) is 5.59. The summed E-state index contributed by atoms with van der Waals surface area (Å²) in [5, 5.41) is 6.12. The molecular weight excluding hydrogens is 324 g/mol. The van der Waals surface area contributed by atoms with Gasteiger partial charge in [0.15, 0.2) is 0 Å². The monoisotopic (exact) mass is 346 g/mol. The molecule has 1 atom stereocenters. The Morgan fingerprint density at radius 2 is 1.73 bits per heavy atom. The van der Waals surface area contributed by atoms with E-state index in [1.54, 1.807) is 6.20 Å². The molecule has 0 saturated carbocycles. The zero-order valence-corrected chi connectivity index (χ0v) is 14.9. The van der Waals surface area contributed by atoms with Crippen molar-refractivity contribution in [2.45, 2.75) is 26.3 Å². The lowest BCUT2D eigenvalue weighted by Crippen LogP contribution is -2.27. The van der Waals surface area contributed by atoms with Crippen LogP contribution in [0.5, 0.6) is 0 Å². The number of carbonyl (C=O) groups excluding carboxylic acids is 1. The van der Waals surface area contributed by atoms with Crippen LogP contribution in [0.2, 0.25) is 0 Å². The third kappa shape index (κ3) is 4.45. The van der Waals surface area contributed by atoms with Crippen molar-refractivity contribution < 1.29 is 4.79 Å². The van der Waals surface area contributed by atoms with Gasteiger partial charge in [0.05, 0.1) is 18.4 Å². The van der Waals surface area contributed by atoms with E-state index in [1.807, 2.05) is 49.4 Å². The van der Waals surface area contributed by atoms with Crippen LogP contribution in [0, 0.1) is 0 Å². The van der Waals surface area contributed by atoms with E-state index in [2.05, 4.69) is 39.7 Å². The summed E-state index contributed by atoms with van der Waals surface area (Å²) in [6, 6.07) is 17.9. The summed E-state index contributed by atoms with van der Waals surface area (Å²) in [6.45, 7) is 4.06. The Morgan fingerprint density at radius 3 is 2.35 bits per heavy atom. The van der Waals surface area contributed by atoms with E-state index in [1.165, 1.54) is 11.8 Å². The zero-order valence-electron chi connectivity index (χ0n) is 14.9. The molecule has 26 heavy (non-hydrogen) atoms. The minimum atomic E-state index is -0.243. The van der Waals surface area contributed by atoms with Crippen molar-refractivity contribution in [1.29, 1.82) is 0 Å². The molecule has 0 aliphatic carbocycles. The van der Waals surface area contributed by atoms with Crippen molar-refractivity contribution >= 4 is 17.4 Å². The van der Waals surface area contributed by atoms with E-state index in [4.69, 9.17) is 0 Å². The van der Waals surface area contributed by atoms with Crippen LogP contribution in [0.25, 0.3) is 0 Å². The normalized spacial score (nSPS) is 11.6. The molecule has 1 amide bonds. The molecule has 0 bridgehead atoms. The summed E-state index contributed by atoms with van der Waals surface area (Å²) in [6.07, 6.45) is 4.05. The summed E-state index contributed by atoms with van der Waals surface area (Å²) >= 11 is 0. The highest BCUT2D eigenvalue weighted by Crippen LogP contribution is 2.15. The molecule has 0 saturated heterocycles. The Labute approximate surface area is 153 Å². The highest BCUT2D eigenvalue weighted by Gasteiger charge is 2.12. The van der Waals surface area contributed by atoms with Gasteiger partial charge in [-0.3, -0.25) is 4.79 Å². The summed E-state index contributed by atoms with van der Waals surface area (Å²) < 4.78 is 0. The topological polar surface area (TPSA) is 66.9 Å². The number of benzene rings is 2. The smallest absolute Gasteiger partial charge is 0.271 e. The first-order valence-electron chi connectivity index (χ1n) is 8.69. The van der Waals surface area contributed by atoms with Gasteiger partial charge in [0, 0.05) is 5.69 Å². The fraction of sp³-hybridized carbons (Fsp3) is 0.190. The molecule has 5 nitrogen and oxygen atoms in total. The molecule has 5 heteroatoms. The van der Waals surface area contributed by atoms with Crippen LogP contribution < -0.4 is 10.6 Å². The van der Waals surface area contributed by atoms with Crippen molar-refractivity contribution in [3.63, 3.8) is 0 Å². The van der Waals surface area contributed by atoms with Gasteiger partial charge in [0.25, 0.3) is 5.91 Å². The molecule has 0 fully saturated rings. The van der Waals surface area contributed by atoms with Crippen molar-refractivity contribution in [2.75, 3.05) is 5.32 Å². The first-order valence-corrected chi connectivity index (χ1v) is 8.69. The van der Waals surface area contributed by atoms with E-state index < -0.39 is 0 Å². The van der Waals surface area contributed by atoms with Gasteiger partial charge in [0.2, 0.25) is 0 Å². The van der Waals surface area contributed by atoms with E-state index in [0.717, 1.165) is 17.7 Å². The number of nitrogens with zero attached hydrogens (tertiary/aromatic N) is 2. The standard InChI is InChI=1S/C21H22N4O/c1-3-16-9-11-18(12-10-16)25-20-14-22-19(13-23-20)21(26)24-15(2)17-7-5-4-6-8-17/h4-15H,3H2,1-2H3,(H,23,25)(H,24,26). The number of anilines is 2. The number of amides is 1. The van der Waals surface area contributed by atoms with Crippen molar-refractivity contribution in [2.24, 2.45) is 0 Å². The second-order valence-electron chi connectivity index (χ2n) is 6.07. The quantitative estimate of drug-likeness (QED) is 0.699. The van der Waals surface area contributed by atoms with Gasteiger partial charge >= 0.3 is 0 Å². The average Bonchev–Trinajstić information content (AvgIpc) is 2.69. The zero-order chi connectivity index (χ0) is 18.4. The lowest BCUT2D eigenvalue weighted by Gasteiger charge is -2.14. The molecule has 3 rings (SSSR count). The second kappa shape index (κ2) is 8.25. The number of hydrogen-bond donors (Lipinski definition) is 2. The summed E-state index contributed by atoms with van der Waals surface area (Å²) in [5.74, 6) is 0.356. The fourth-order valence-corrected chi connectivity index (χ4v) is 2.58. The van der Waals surface area contributed by atoms with E-state index in [-0.39, 0.29) is 11.9 Å². The molecule has 0 aliphatic heterocycles. The third-order valence-electron chi connectivity index (χ3n) is 4.17. The Bertz CT molecular complexity index is 845. The molecule has 3 aromatic rings. The van der Waals surface area contributed by atoms with Crippen LogP contribution in [0.4, 0.5) is 11.5 Å². The number of aryl methyl sites for hydroxylation is 1. The predicted molar refractivity (Wildman–Crippen MR) is 103 cm³/mol. The number of aromatic nitrogens is 2. The number of carbonyl (C=O) groups is 1. The van der Waals surface area contributed by atoms with Crippen LogP contribution in [0.3, 0.4) is 0 Å². The molecule has 1 unspecified atom stereocenters. The minimum absolute atomic E-state index is 0.0969. The maximum absolute atomic E-state index is 12.3. The fourth-order valence-electron chi connectivity index (χ4n) is 2.58. The second-order valence-corrected chi connectivity index (χ2v) is 6.07.